The molecule has 1 saturated carbocycles. The third kappa shape index (κ3) is 2.08. The van der Waals surface area contributed by atoms with Gasteiger partial charge in [0.05, 0.1) is 17.6 Å². The van der Waals surface area contributed by atoms with Gasteiger partial charge in [-0.3, -0.25) is 0 Å². The first-order valence-corrected chi connectivity index (χ1v) is 6.40. The van der Waals surface area contributed by atoms with Gasteiger partial charge in [-0.05, 0) is 30.4 Å². The fraction of sp³-hybridized carbons (Fsp3) is 0.533. The number of benzene rings is 1. The van der Waals surface area contributed by atoms with Crippen LogP contribution in [0.25, 0.3) is 0 Å². The molecule has 0 bridgehead atoms. The maximum absolute atomic E-state index is 10.6. The van der Waals surface area contributed by atoms with Crippen molar-refractivity contribution in [1.82, 2.24) is 0 Å². The molecule has 1 fully saturated rings. The summed E-state index contributed by atoms with van der Waals surface area (Å²) in [6, 6.07) is 10.3. The van der Waals surface area contributed by atoms with Gasteiger partial charge in [0.1, 0.15) is 0 Å². The summed E-state index contributed by atoms with van der Waals surface area (Å²) < 4.78 is 0. The van der Waals surface area contributed by atoms with E-state index in [1.165, 1.54) is 0 Å². The van der Waals surface area contributed by atoms with Crippen molar-refractivity contribution in [2.75, 3.05) is 0 Å². The summed E-state index contributed by atoms with van der Waals surface area (Å²) in [5, 5.41) is 20.0. The summed E-state index contributed by atoms with van der Waals surface area (Å²) in [7, 11) is 0. The molecular formula is C15H19NO. The number of rotatable bonds is 3. The minimum absolute atomic E-state index is 0.550. The van der Waals surface area contributed by atoms with E-state index in [9.17, 15) is 10.4 Å². The van der Waals surface area contributed by atoms with Crippen molar-refractivity contribution < 1.29 is 5.11 Å². The number of hydrogen-bond acceptors (Lipinski definition) is 2. The summed E-state index contributed by atoms with van der Waals surface area (Å²) in [5.41, 5.74) is 1.55. The van der Waals surface area contributed by atoms with Gasteiger partial charge in [0.2, 0.25) is 0 Å². The summed E-state index contributed by atoms with van der Waals surface area (Å²) in [5.74, 6) is 0. The van der Waals surface area contributed by atoms with Crippen molar-refractivity contribution in [2.24, 2.45) is 5.41 Å². The molecule has 1 aromatic rings. The van der Waals surface area contributed by atoms with Crippen LogP contribution >= 0.6 is 0 Å². The predicted octanol–water partition coefficient (Wildman–Crippen LogP) is 3.37. The first-order chi connectivity index (χ1) is 8.23. The molecule has 1 atom stereocenters. The zero-order valence-electron chi connectivity index (χ0n) is 10.3. The van der Waals surface area contributed by atoms with E-state index >= 15 is 0 Å². The first-order valence-electron chi connectivity index (χ1n) is 6.40. The van der Waals surface area contributed by atoms with Crippen LogP contribution in [0.15, 0.2) is 24.3 Å². The minimum Gasteiger partial charge on any atom is -0.387 e. The maximum Gasteiger partial charge on any atom is 0.0978 e. The van der Waals surface area contributed by atoms with E-state index in [2.05, 4.69) is 13.0 Å². The van der Waals surface area contributed by atoms with Crippen LogP contribution in [-0.4, -0.2) is 5.11 Å². The van der Waals surface area contributed by atoms with Gasteiger partial charge in [0, 0.05) is 0 Å². The van der Waals surface area contributed by atoms with Crippen LogP contribution in [0.1, 0.15) is 49.8 Å². The Balaban J connectivity index is 2.36. The Morgan fingerprint density at radius 2 is 2.00 bits per heavy atom. The van der Waals surface area contributed by atoms with E-state index in [-0.39, 0.29) is 0 Å². The molecule has 1 N–H and O–H groups in total. The van der Waals surface area contributed by atoms with Gasteiger partial charge >= 0.3 is 0 Å². The van der Waals surface area contributed by atoms with Gasteiger partial charge in [0.15, 0.2) is 0 Å². The van der Waals surface area contributed by atoms with E-state index in [1.807, 2.05) is 24.3 Å². The molecule has 1 aromatic carbocycles. The fourth-order valence-electron chi connectivity index (χ4n) is 2.87. The Kier molecular flexibility index (Phi) is 3.49. The molecule has 0 aromatic heterocycles. The van der Waals surface area contributed by atoms with Crippen molar-refractivity contribution in [3.63, 3.8) is 0 Å². The molecule has 0 saturated heterocycles. The topological polar surface area (TPSA) is 44.0 Å². The average Bonchev–Trinajstić information content (AvgIpc) is 2.88. The van der Waals surface area contributed by atoms with Gasteiger partial charge < -0.3 is 5.11 Å². The Labute approximate surface area is 103 Å². The number of nitriles is 1. The molecule has 1 aliphatic rings. The van der Waals surface area contributed by atoms with Gasteiger partial charge in [-0.25, -0.2) is 0 Å². The molecular weight excluding hydrogens is 210 g/mol. The van der Waals surface area contributed by atoms with Gasteiger partial charge in [-0.1, -0.05) is 44.0 Å². The zero-order valence-corrected chi connectivity index (χ0v) is 10.3. The molecule has 90 valence electrons. The number of aryl methyl sites for hydroxylation is 1. The summed E-state index contributed by atoms with van der Waals surface area (Å²) in [6.07, 6.45) is 4.02. The van der Waals surface area contributed by atoms with E-state index in [0.717, 1.165) is 43.2 Å². The molecule has 1 aliphatic carbocycles. The lowest BCUT2D eigenvalue weighted by atomic mass is 9.77. The maximum atomic E-state index is 10.6. The lowest BCUT2D eigenvalue weighted by Gasteiger charge is -2.28. The Morgan fingerprint density at radius 1 is 1.35 bits per heavy atom. The highest BCUT2D eigenvalue weighted by molar-refractivity contribution is 5.32. The average molecular weight is 229 g/mol. The van der Waals surface area contributed by atoms with Crippen LogP contribution in [-0.2, 0) is 6.42 Å². The van der Waals surface area contributed by atoms with Crippen LogP contribution in [0.3, 0.4) is 0 Å². The van der Waals surface area contributed by atoms with Crippen LogP contribution in [0.4, 0.5) is 0 Å². The van der Waals surface area contributed by atoms with Gasteiger partial charge in [-0.15, -0.1) is 0 Å². The highest BCUT2D eigenvalue weighted by Crippen LogP contribution is 2.47. The Hall–Kier alpha value is -1.33. The third-order valence-electron chi connectivity index (χ3n) is 3.97. The molecule has 0 amide bonds. The van der Waals surface area contributed by atoms with E-state index in [1.54, 1.807) is 0 Å². The van der Waals surface area contributed by atoms with Crippen LogP contribution in [0, 0.1) is 16.7 Å². The van der Waals surface area contributed by atoms with Crippen molar-refractivity contribution in [2.45, 2.75) is 45.1 Å². The molecule has 0 aliphatic heterocycles. The standard InChI is InChI=1S/C15H19NO/c1-2-12-7-3-4-8-13(12)14(17)15(11-16)9-5-6-10-15/h3-4,7-8,14,17H,2,5-6,9-10H2,1H3. The normalized spacial score (nSPS) is 19.8. The van der Waals surface area contributed by atoms with Crippen LogP contribution in [0.5, 0.6) is 0 Å². The number of aliphatic hydroxyl groups is 1. The van der Waals surface area contributed by atoms with E-state index in [4.69, 9.17) is 0 Å². The molecule has 17 heavy (non-hydrogen) atoms. The molecule has 2 heteroatoms. The highest BCUT2D eigenvalue weighted by atomic mass is 16.3. The second-order valence-corrected chi connectivity index (χ2v) is 4.93. The molecule has 2 nitrogen and oxygen atoms in total. The third-order valence-corrected chi connectivity index (χ3v) is 3.97. The van der Waals surface area contributed by atoms with Crippen molar-refractivity contribution >= 4 is 0 Å². The second kappa shape index (κ2) is 4.89. The molecule has 0 spiro atoms. The van der Waals surface area contributed by atoms with Crippen LogP contribution < -0.4 is 0 Å². The van der Waals surface area contributed by atoms with Crippen molar-refractivity contribution in [3.8, 4) is 6.07 Å². The second-order valence-electron chi connectivity index (χ2n) is 4.93. The molecule has 0 heterocycles. The molecule has 0 radical (unpaired) electrons. The van der Waals surface area contributed by atoms with Crippen LogP contribution in [0.2, 0.25) is 0 Å². The number of aliphatic hydroxyl groups excluding tert-OH is 1. The monoisotopic (exact) mass is 229 g/mol. The number of nitrogens with zero attached hydrogens (tertiary/aromatic N) is 1. The quantitative estimate of drug-likeness (QED) is 0.863. The molecule has 1 unspecified atom stereocenters. The van der Waals surface area contributed by atoms with Gasteiger partial charge in [-0.2, -0.15) is 5.26 Å². The van der Waals surface area contributed by atoms with Crippen molar-refractivity contribution in [3.05, 3.63) is 35.4 Å². The summed E-state index contributed by atoms with van der Waals surface area (Å²) in [4.78, 5) is 0. The zero-order chi connectivity index (χ0) is 12.3. The van der Waals surface area contributed by atoms with Crippen molar-refractivity contribution in [1.29, 1.82) is 5.26 Å². The smallest absolute Gasteiger partial charge is 0.0978 e. The largest absolute Gasteiger partial charge is 0.387 e. The Bertz CT molecular complexity index is 427. The SMILES string of the molecule is CCc1ccccc1C(O)C1(C#N)CCCC1. The lowest BCUT2D eigenvalue weighted by Crippen LogP contribution is -2.24. The van der Waals surface area contributed by atoms with E-state index in [0.29, 0.717) is 0 Å². The highest BCUT2D eigenvalue weighted by Gasteiger charge is 2.42. The van der Waals surface area contributed by atoms with Gasteiger partial charge in [0.25, 0.3) is 0 Å². The predicted molar refractivity (Wildman–Crippen MR) is 67.3 cm³/mol. The summed E-state index contributed by atoms with van der Waals surface area (Å²) in [6.45, 7) is 2.08. The number of hydrogen-bond donors (Lipinski definition) is 1. The first kappa shape index (κ1) is 12.1. The molecule has 2 rings (SSSR count). The fourth-order valence-corrected chi connectivity index (χ4v) is 2.87. The lowest BCUT2D eigenvalue weighted by molar-refractivity contribution is 0.0664. The summed E-state index contributed by atoms with van der Waals surface area (Å²) >= 11 is 0. The minimum atomic E-state index is -0.633. The van der Waals surface area contributed by atoms with E-state index < -0.39 is 11.5 Å². The Morgan fingerprint density at radius 3 is 2.59 bits per heavy atom.